The second-order valence-electron chi connectivity index (χ2n) is 5.79. The summed E-state index contributed by atoms with van der Waals surface area (Å²) in [5.74, 6) is 0.0374. The van der Waals surface area contributed by atoms with Gasteiger partial charge in [-0.15, -0.1) is 11.3 Å². The minimum absolute atomic E-state index is 0.0226. The molecule has 1 N–H and O–H groups in total. The van der Waals surface area contributed by atoms with Crippen molar-refractivity contribution in [3.63, 3.8) is 0 Å². The van der Waals surface area contributed by atoms with E-state index in [1.807, 2.05) is 30.3 Å². The highest BCUT2D eigenvalue weighted by molar-refractivity contribution is 7.16. The zero-order chi connectivity index (χ0) is 16.8. The van der Waals surface area contributed by atoms with E-state index in [2.05, 4.69) is 0 Å². The number of likely N-dealkylation sites (N-methyl/N-ethyl adjacent to an activating group) is 1. The Balaban J connectivity index is 1.65. The summed E-state index contributed by atoms with van der Waals surface area (Å²) < 4.78 is 5.03. The molecule has 0 saturated carbocycles. The van der Waals surface area contributed by atoms with Gasteiger partial charge in [-0.1, -0.05) is 6.07 Å². The Labute approximate surface area is 142 Å². The Morgan fingerprint density at radius 3 is 2.83 bits per heavy atom. The Morgan fingerprint density at radius 2 is 2.08 bits per heavy atom. The van der Waals surface area contributed by atoms with Crippen LogP contribution in [0.2, 0.25) is 0 Å². The van der Waals surface area contributed by atoms with Gasteiger partial charge in [-0.3, -0.25) is 10.2 Å². The summed E-state index contributed by atoms with van der Waals surface area (Å²) in [5.41, 5.74) is 3.13. The molecule has 4 rings (SSSR count). The highest BCUT2D eigenvalue weighted by Crippen LogP contribution is 2.33. The maximum atomic E-state index is 11.9. The first-order valence-electron chi connectivity index (χ1n) is 7.49. The van der Waals surface area contributed by atoms with Crippen LogP contribution in [0, 0.1) is 5.41 Å². The van der Waals surface area contributed by atoms with Crippen molar-refractivity contribution in [3.05, 3.63) is 52.0 Å². The van der Waals surface area contributed by atoms with Crippen LogP contribution < -0.4 is 0 Å². The van der Waals surface area contributed by atoms with Gasteiger partial charge in [-0.05, 0) is 35.9 Å². The van der Waals surface area contributed by atoms with Crippen molar-refractivity contribution in [3.8, 4) is 10.4 Å². The van der Waals surface area contributed by atoms with E-state index in [1.54, 1.807) is 29.4 Å². The molecule has 3 heterocycles. The number of hydrogen-bond acceptors (Lipinski definition) is 5. The molecular weight excluding hydrogens is 324 g/mol. The molecule has 0 unspecified atom stereocenters. The number of likely N-dealkylation sites (tertiary alicyclic amines) is 1. The molecule has 24 heavy (non-hydrogen) atoms. The molecule has 1 saturated heterocycles. The maximum Gasteiger partial charge on any atom is 0.338 e. The molecule has 0 radical (unpaired) electrons. The summed E-state index contributed by atoms with van der Waals surface area (Å²) in [6.07, 6.45) is 2.00. The van der Waals surface area contributed by atoms with Gasteiger partial charge in [0.15, 0.2) is 5.78 Å². The molecule has 2 aromatic rings. The summed E-state index contributed by atoms with van der Waals surface area (Å²) in [7, 11) is 1.74. The van der Waals surface area contributed by atoms with Gasteiger partial charge < -0.3 is 9.64 Å². The van der Waals surface area contributed by atoms with Crippen LogP contribution >= 0.6 is 11.3 Å². The van der Waals surface area contributed by atoms with Crippen LogP contribution in [-0.2, 0) is 16.1 Å². The summed E-state index contributed by atoms with van der Waals surface area (Å²) in [6, 6.07) is 9.65. The topological polar surface area (TPSA) is 70.5 Å². The minimum atomic E-state index is -0.265. The van der Waals surface area contributed by atoms with E-state index in [0.29, 0.717) is 23.7 Å². The van der Waals surface area contributed by atoms with E-state index in [1.165, 1.54) is 0 Å². The number of carbonyl (C=O) groups excluding carboxylic acids is 2. The smallest absolute Gasteiger partial charge is 0.338 e. The van der Waals surface area contributed by atoms with Crippen molar-refractivity contribution >= 4 is 35.0 Å². The largest absolute Gasteiger partial charge is 0.457 e. The van der Waals surface area contributed by atoms with E-state index >= 15 is 0 Å². The molecule has 1 fully saturated rings. The first-order chi connectivity index (χ1) is 11.5. The molecule has 2 aliphatic heterocycles. The molecule has 120 valence electrons. The van der Waals surface area contributed by atoms with Crippen molar-refractivity contribution in [1.82, 2.24) is 4.90 Å². The number of carbonyl (C=O) groups is 2. The monoisotopic (exact) mass is 338 g/mol. The van der Waals surface area contributed by atoms with Crippen LogP contribution in [0.3, 0.4) is 0 Å². The SMILES string of the molecule is CN1C(=N)CC(=O)/C1=C\c1ccc(-c2ccc3c(c2)COC3=O)s1. The predicted octanol–water partition coefficient (Wildman–Crippen LogP) is 3.31. The van der Waals surface area contributed by atoms with E-state index in [-0.39, 0.29) is 18.2 Å². The first-order valence-corrected chi connectivity index (χ1v) is 8.31. The Kier molecular flexibility index (Phi) is 3.35. The summed E-state index contributed by atoms with van der Waals surface area (Å²) in [4.78, 5) is 27.1. The number of thiophene rings is 1. The molecule has 0 spiro atoms. The third-order valence-corrected chi connectivity index (χ3v) is 5.34. The highest BCUT2D eigenvalue weighted by atomic mass is 32.1. The third-order valence-electron chi connectivity index (χ3n) is 4.25. The number of amidine groups is 1. The van der Waals surface area contributed by atoms with Gasteiger partial charge in [0.25, 0.3) is 0 Å². The van der Waals surface area contributed by atoms with Gasteiger partial charge in [-0.25, -0.2) is 4.79 Å². The molecule has 5 nitrogen and oxygen atoms in total. The molecular formula is C18H14N2O3S. The van der Waals surface area contributed by atoms with Gasteiger partial charge >= 0.3 is 5.97 Å². The lowest BCUT2D eigenvalue weighted by Crippen LogP contribution is -2.16. The number of ketones is 1. The van der Waals surface area contributed by atoms with E-state index in [9.17, 15) is 9.59 Å². The maximum absolute atomic E-state index is 11.9. The van der Waals surface area contributed by atoms with E-state index in [0.717, 1.165) is 20.9 Å². The number of hydrogen-bond donors (Lipinski definition) is 1. The Morgan fingerprint density at radius 1 is 1.25 bits per heavy atom. The summed E-state index contributed by atoms with van der Waals surface area (Å²) in [6.45, 7) is 0.325. The quantitative estimate of drug-likeness (QED) is 0.674. The fourth-order valence-electron chi connectivity index (χ4n) is 2.88. The Bertz CT molecular complexity index is 926. The second-order valence-corrected chi connectivity index (χ2v) is 6.90. The second kappa shape index (κ2) is 5.42. The zero-order valence-corrected chi connectivity index (χ0v) is 13.8. The summed E-state index contributed by atoms with van der Waals surface area (Å²) >= 11 is 1.57. The molecule has 0 bridgehead atoms. The average molecular weight is 338 g/mol. The van der Waals surface area contributed by atoms with Crippen LogP contribution in [0.25, 0.3) is 16.5 Å². The molecule has 0 aliphatic carbocycles. The Hall–Kier alpha value is -2.73. The molecule has 0 amide bonds. The molecule has 0 atom stereocenters. The average Bonchev–Trinajstić information content (AvgIpc) is 3.24. The van der Waals surface area contributed by atoms with Crippen LogP contribution in [0.1, 0.15) is 27.2 Å². The van der Waals surface area contributed by atoms with Gasteiger partial charge in [0, 0.05) is 22.4 Å². The fraction of sp³-hybridized carbons (Fsp3) is 0.167. The zero-order valence-electron chi connectivity index (χ0n) is 13.0. The fourth-order valence-corrected chi connectivity index (χ4v) is 3.82. The van der Waals surface area contributed by atoms with Crippen molar-refractivity contribution in [2.24, 2.45) is 0 Å². The number of benzene rings is 1. The van der Waals surface area contributed by atoms with Crippen molar-refractivity contribution in [1.29, 1.82) is 5.41 Å². The van der Waals surface area contributed by atoms with Gasteiger partial charge in [0.05, 0.1) is 17.7 Å². The summed E-state index contributed by atoms with van der Waals surface area (Å²) in [5, 5.41) is 7.74. The lowest BCUT2D eigenvalue weighted by Gasteiger charge is -2.10. The lowest BCUT2D eigenvalue weighted by molar-refractivity contribution is -0.114. The third kappa shape index (κ3) is 2.35. The first kappa shape index (κ1) is 14.8. The number of Topliss-reactive ketones (excluding diaryl/α,β-unsaturated/α-hetero) is 1. The number of rotatable bonds is 2. The number of fused-ring (bicyclic) bond motifs is 1. The molecule has 6 heteroatoms. The highest BCUT2D eigenvalue weighted by Gasteiger charge is 2.27. The van der Waals surface area contributed by atoms with Crippen LogP contribution in [0.5, 0.6) is 0 Å². The van der Waals surface area contributed by atoms with Crippen LogP contribution in [0.4, 0.5) is 0 Å². The van der Waals surface area contributed by atoms with Crippen molar-refractivity contribution in [2.45, 2.75) is 13.0 Å². The number of esters is 1. The van der Waals surface area contributed by atoms with Crippen molar-refractivity contribution < 1.29 is 14.3 Å². The van der Waals surface area contributed by atoms with Gasteiger partial charge in [0.1, 0.15) is 12.4 Å². The number of nitrogens with zero attached hydrogens (tertiary/aromatic N) is 1. The predicted molar refractivity (Wildman–Crippen MR) is 92.0 cm³/mol. The van der Waals surface area contributed by atoms with Gasteiger partial charge in [-0.2, -0.15) is 0 Å². The van der Waals surface area contributed by atoms with E-state index in [4.69, 9.17) is 10.1 Å². The van der Waals surface area contributed by atoms with Crippen LogP contribution in [0.15, 0.2) is 36.0 Å². The number of nitrogens with one attached hydrogen (secondary N) is 1. The van der Waals surface area contributed by atoms with Gasteiger partial charge in [0.2, 0.25) is 0 Å². The number of cyclic esters (lactones) is 1. The molecule has 1 aromatic carbocycles. The number of ether oxygens (including phenoxy) is 1. The van der Waals surface area contributed by atoms with Crippen molar-refractivity contribution in [2.75, 3.05) is 7.05 Å². The molecule has 2 aliphatic rings. The minimum Gasteiger partial charge on any atom is -0.457 e. The van der Waals surface area contributed by atoms with E-state index < -0.39 is 0 Å². The standard InChI is InChI=1S/C18H14N2O3S/c1-20-14(15(21)8-17(20)19)7-12-3-5-16(24-12)10-2-4-13-11(6-10)9-23-18(13)22/h2-7,19H,8-9H2,1H3/b14-7+,19-17?. The van der Waals surface area contributed by atoms with Crippen LogP contribution in [-0.4, -0.2) is 29.5 Å². The normalized spacial score (nSPS) is 18.5. The lowest BCUT2D eigenvalue weighted by atomic mass is 10.1. The molecule has 1 aromatic heterocycles. The number of allylic oxidation sites excluding steroid dienone is 1.